The number of esters is 1. The Morgan fingerprint density at radius 2 is 1.40 bits per heavy atom. The minimum Gasteiger partial charge on any atom is -0.545 e. The molecule has 0 aliphatic carbocycles. The van der Waals surface area contributed by atoms with Gasteiger partial charge in [-0.1, -0.05) is 13.8 Å². The first-order valence-corrected chi connectivity index (χ1v) is 5.01. The van der Waals surface area contributed by atoms with E-state index in [2.05, 4.69) is 4.74 Å². The van der Waals surface area contributed by atoms with Crippen molar-refractivity contribution in [3.05, 3.63) is 12.2 Å². The van der Waals surface area contributed by atoms with Gasteiger partial charge in [0.2, 0.25) is 0 Å². The zero-order chi connectivity index (χ0) is 16.4. The van der Waals surface area contributed by atoms with E-state index in [1.54, 1.807) is 0 Å². The normalized spacial score (nSPS) is 13.8. The number of rotatable bonds is 4. The van der Waals surface area contributed by atoms with Crippen LogP contribution in [-0.2, 0) is 14.3 Å². The number of aliphatic carboxylic acids is 1. The molecule has 10 heteroatoms. The molecule has 0 aliphatic rings. The lowest BCUT2D eigenvalue weighted by atomic mass is 9.88. The molecule has 0 saturated heterocycles. The maximum atomic E-state index is 12.7. The molecule has 0 aromatic rings. The summed E-state index contributed by atoms with van der Waals surface area (Å²) in [7, 11) is 0. The van der Waals surface area contributed by atoms with Crippen molar-refractivity contribution in [1.29, 1.82) is 0 Å². The predicted octanol–water partition coefficient (Wildman–Crippen LogP) is 1.36. The van der Waals surface area contributed by atoms with E-state index in [9.17, 15) is 41.0 Å². The van der Waals surface area contributed by atoms with Crippen LogP contribution in [0, 0.1) is 5.92 Å². The first kappa shape index (κ1) is 18.3. The van der Waals surface area contributed by atoms with Crippen LogP contribution < -0.4 is 5.11 Å². The number of hydrogen-bond acceptors (Lipinski definition) is 4. The smallest absolute Gasteiger partial charge is 0.437 e. The van der Waals surface area contributed by atoms with Gasteiger partial charge >= 0.3 is 23.9 Å². The molecule has 0 aromatic carbocycles. The molecule has 116 valence electrons. The van der Waals surface area contributed by atoms with E-state index in [-0.39, 0.29) is 12.2 Å². The molecular weight excluding hydrogens is 298 g/mol. The number of carboxylic acid groups (broad SMARTS) is 1. The van der Waals surface area contributed by atoms with Crippen LogP contribution in [0.15, 0.2) is 12.2 Å². The number of ether oxygens (including phenoxy) is 1. The van der Waals surface area contributed by atoms with Crippen LogP contribution in [0.25, 0.3) is 0 Å². The average molecular weight is 307 g/mol. The summed E-state index contributed by atoms with van der Waals surface area (Å²) in [6, 6.07) is 0. The average Bonchev–Trinajstić information content (AvgIpc) is 2.18. The highest BCUT2D eigenvalue weighted by Gasteiger charge is 2.75. The standard InChI is InChI=1S/C10H10F6O4/c1-5(2)8(9(11,12)13,10(14,15)16)20-7(19)4-3-6(17)18/h3-5H,1-2H3,(H,17,18)/p-1/b4-3+. The Kier molecular flexibility index (Phi) is 5.22. The monoisotopic (exact) mass is 307 g/mol. The molecule has 0 bridgehead atoms. The van der Waals surface area contributed by atoms with Gasteiger partial charge in [0.15, 0.2) is 0 Å². The summed E-state index contributed by atoms with van der Waals surface area (Å²) in [5, 5.41) is 9.95. The summed E-state index contributed by atoms with van der Waals surface area (Å²) in [4.78, 5) is 20.9. The van der Waals surface area contributed by atoms with Gasteiger partial charge in [-0.25, -0.2) is 4.79 Å². The zero-order valence-corrected chi connectivity index (χ0v) is 10.1. The van der Waals surface area contributed by atoms with Gasteiger partial charge in [0.1, 0.15) is 0 Å². The molecule has 0 spiro atoms. The number of halogens is 6. The molecular formula is C10H9F6O4-. The molecule has 0 aromatic heterocycles. The molecule has 0 atom stereocenters. The maximum Gasteiger partial charge on any atom is 0.437 e. The SMILES string of the molecule is CC(C)C(OC(=O)/C=C/C(=O)[O-])(C(F)(F)F)C(F)(F)F. The molecule has 4 nitrogen and oxygen atoms in total. The molecule has 0 rings (SSSR count). The topological polar surface area (TPSA) is 66.4 Å². The highest BCUT2D eigenvalue weighted by atomic mass is 19.4. The fourth-order valence-corrected chi connectivity index (χ4v) is 1.38. The fraction of sp³-hybridized carbons (Fsp3) is 0.600. The third-order valence-corrected chi connectivity index (χ3v) is 2.27. The van der Waals surface area contributed by atoms with Crippen molar-refractivity contribution in [3.8, 4) is 0 Å². The number of carbonyl (C=O) groups excluding carboxylic acids is 2. The molecule has 0 amide bonds. The van der Waals surface area contributed by atoms with Gasteiger partial charge in [-0.05, 0) is 6.08 Å². The highest BCUT2D eigenvalue weighted by Crippen LogP contribution is 2.50. The van der Waals surface area contributed by atoms with Crippen LogP contribution in [0.1, 0.15) is 13.8 Å². The largest absolute Gasteiger partial charge is 0.545 e. The quantitative estimate of drug-likeness (QED) is 0.447. The van der Waals surface area contributed by atoms with Gasteiger partial charge in [-0.3, -0.25) is 0 Å². The van der Waals surface area contributed by atoms with Crippen molar-refractivity contribution in [3.63, 3.8) is 0 Å². The van der Waals surface area contributed by atoms with Crippen molar-refractivity contribution in [2.45, 2.75) is 31.8 Å². The molecule has 0 N–H and O–H groups in total. The van der Waals surface area contributed by atoms with Crippen molar-refractivity contribution in [2.24, 2.45) is 5.92 Å². The molecule has 0 heterocycles. The van der Waals surface area contributed by atoms with Crippen molar-refractivity contribution < 1.29 is 45.8 Å². The van der Waals surface area contributed by atoms with Crippen LogP contribution in [0.4, 0.5) is 26.3 Å². The molecule has 0 unspecified atom stereocenters. The molecule has 0 fully saturated rings. The Bertz CT molecular complexity index is 393. The summed E-state index contributed by atoms with van der Waals surface area (Å²) in [5.74, 6) is -6.25. The third kappa shape index (κ3) is 3.64. The first-order chi connectivity index (χ1) is 8.75. The van der Waals surface area contributed by atoms with E-state index >= 15 is 0 Å². The van der Waals surface area contributed by atoms with Gasteiger partial charge < -0.3 is 14.6 Å². The van der Waals surface area contributed by atoms with Crippen LogP contribution in [0.2, 0.25) is 0 Å². The van der Waals surface area contributed by atoms with Gasteiger partial charge in [0.05, 0.1) is 5.97 Å². The summed E-state index contributed by atoms with van der Waals surface area (Å²) in [6.45, 7) is 1.13. The Balaban J connectivity index is 5.68. The zero-order valence-electron chi connectivity index (χ0n) is 10.1. The van der Waals surface area contributed by atoms with Gasteiger partial charge in [-0.2, -0.15) is 26.3 Å². The van der Waals surface area contributed by atoms with E-state index in [1.807, 2.05) is 0 Å². The molecule has 0 aliphatic heterocycles. The van der Waals surface area contributed by atoms with E-state index in [0.717, 1.165) is 0 Å². The minimum absolute atomic E-state index is 0.0415. The second-order valence-electron chi connectivity index (χ2n) is 3.96. The lowest BCUT2D eigenvalue weighted by Crippen LogP contribution is -2.62. The third-order valence-electron chi connectivity index (χ3n) is 2.27. The van der Waals surface area contributed by atoms with E-state index in [4.69, 9.17) is 0 Å². The second-order valence-corrected chi connectivity index (χ2v) is 3.96. The summed E-state index contributed by atoms with van der Waals surface area (Å²) < 4.78 is 79.9. The first-order valence-electron chi connectivity index (χ1n) is 5.01. The van der Waals surface area contributed by atoms with Crippen LogP contribution >= 0.6 is 0 Å². The van der Waals surface area contributed by atoms with Crippen LogP contribution in [0.5, 0.6) is 0 Å². The summed E-state index contributed by atoms with van der Waals surface area (Å²) in [5.41, 5.74) is -4.73. The number of carboxylic acids is 1. The van der Waals surface area contributed by atoms with Gasteiger partial charge in [0, 0.05) is 12.0 Å². The van der Waals surface area contributed by atoms with Crippen molar-refractivity contribution >= 4 is 11.9 Å². The summed E-state index contributed by atoms with van der Waals surface area (Å²) >= 11 is 0. The lowest BCUT2D eigenvalue weighted by molar-refractivity contribution is -0.381. The molecule has 0 saturated carbocycles. The number of alkyl halides is 6. The Morgan fingerprint density at radius 1 is 1.00 bits per heavy atom. The lowest BCUT2D eigenvalue weighted by Gasteiger charge is -2.39. The second kappa shape index (κ2) is 5.71. The number of carbonyl (C=O) groups is 2. The Morgan fingerprint density at radius 3 is 1.65 bits per heavy atom. The summed E-state index contributed by atoms with van der Waals surface area (Å²) in [6.07, 6.45) is -12.0. The van der Waals surface area contributed by atoms with Crippen molar-refractivity contribution in [1.82, 2.24) is 0 Å². The van der Waals surface area contributed by atoms with Gasteiger partial charge in [0.25, 0.3) is 0 Å². The minimum atomic E-state index is -5.93. The van der Waals surface area contributed by atoms with E-state index < -0.39 is 35.8 Å². The predicted molar refractivity (Wildman–Crippen MR) is 49.9 cm³/mol. The maximum absolute atomic E-state index is 12.7. The fourth-order valence-electron chi connectivity index (χ4n) is 1.38. The van der Waals surface area contributed by atoms with Crippen LogP contribution in [-0.4, -0.2) is 29.9 Å². The van der Waals surface area contributed by atoms with Crippen molar-refractivity contribution in [2.75, 3.05) is 0 Å². The molecule has 20 heavy (non-hydrogen) atoms. The van der Waals surface area contributed by atoms with Crippen LogP contribution in [0.3, 0.4) is 0 Å². The van der Waals surface area contributed by atoms with E-state index in [0.29, 0.717) is 13.8 Å². The highest BCUT2D eigenvalue weighted by molar-refractivity contribution is 5.90. The van der Waals surface area contributed by atoms with E-state index in [1.165, 1.54) is 0 Å². The Labute approximate surface area is 109 Å². The van der Waals surface area contributed by atoms with Gasteiger partial charge in [-0.15, -0.1) is 0 Å². The Hall–Kier alpha value is -1.74. The molecule has 0 radical (unpaired) electrons. The number of hydrogen-bond donors (Lipinski definition) is 0.